The van der Waals surface area contributed by atoms with Crippen molar-refractivity contribution in [2.45, 2.75) is 31.3 Å². The zero-order valence-electron chi connectivity index (χ0n) is 10.6. The van der Waals surface area contributed by atoms with Crippen molar-refractivity contribution in [2.24, 2.45) is 0 Å². The molecule has 1 saturated carbocycles. The Kier molecular flexibility index (Phi) is 3.85. The van der Waals surface area contributed by atoms with E-state index in [0.717, 1.165) is 30.6 Å². The van der Waals surface area contributed by atoms with Gasteiger partial charge in [-0.2, -0.15) is 5.26 Å². The highest BCUT2D eigenvalue weighted by Crippen LogP contribution is 2.32. The number of methoxy groups -OCH3 is 1. The average Bonchev–Trinajstić information content (AvgIpc) is 2.37. The van der Waals surface area contributed by atoms with Crippen LogP contribution in [0.4, 0.5) is 0 Å². The van der Waals surface area contributed by atoms with Crippen molar-refractivity contribution in [3.8, 4) is 11.8 Å². The molecule has 1 fully saturated rings. The SMILES string of the molecule is COc1ccc(C#N)cc1CNC1(CO)CCC1. The molecule has 0 amide bonds. The van der Waals surface area contributed by atoms with E-state index in [1.54, 1.807) is 13.2 Å². The third-order valence-electron chi connectivity index (χ3n) is 3.68. The van der Waals surface area contributed by atoms with Crippen molar-refractivity contribution < 1.29 is 9.84 Å². The minimum Gasteiger partial charge on any atom is -0.496 e. The highest BCUT2D eigenvalue weighted by molar-refractivity contribution is 5.42. The molecule has 2 rings (SSSR count). The van der Waals surface area contributed by atoms with E-state index in [4.69, 9.17) is 10.00 Å². The highest BCUT2D eigenvalue weighted by Gasteiger charge is 2.35. The summed E-state index contributed by atoms with van der Waals surface area (Å²) in [6, 6.07) is 7.51. The predicted molar refractivity (Wildman–Crippen MR) is 68.2 cm³/mol. The molecule has 0 spiro atoms. The van der Waals surface area contributed by atoms with Crippen LogP contribution in [0.25, 0.3) is 0 Å². The molecule has 0 unspecified atom stereocenters. The van der Waals surface area contributed by atoms with Crippen molar-refractivity contribution in [1.82, 2.24) is 5.32 Å². The van der Waals surface area contributed by atoms with Gasteiger partial charge in [0.15, 0.2) is 0 Å². The number of nitriles is 1. The van der Waals surface area contributed by atoms with Gasteiger partial charge in [-0.1, -0.05) is 0 Å². The first kappa shape index (κ1) is 12.9. The Morgan fingerprint density at radius 3 is 2.78 bits per heavy atom. The number of hydrogen-bond donors (Lipinski definition) is 2. The van der Waals surface area contributed by atoms with E-state index in [1.807, 2.05) is 12.1 Å². The molecule has 0 aliphatic heterocycles. The van der Waals surface area contributed by atoms with Gasteiger partial charge < -0.3 is 15.2 Å². The summed E-state index contributed by atoms with van der Waals surface area (Å²) in [4.78, 5) is 0. The standard InChI is InChI=1S/C14H18N2O2/c1-18-13-4-3-11(8-15)7-12(13)9-16-14(10-17)5-2-6-14/h3-4,7,16-17H,2,5-6,9-10H2,1H3. The molecule has 4 heteroatoms. The summed E-state index contributed by atoms with van der Waals surface area (Å²) in [5.41, 5.74) is 1.45. The van der Waals surface area contributed by atoms with Crippen molar-refractivity contribution >= 4 is 0 Å². The number of nitrogens with zero attached hydrogens (tertiary/aromatic N) is 1. The average molecular weight is 246 g/mol. The summed E-state index contributed by atoms with van der Waals surface area (Å²) < 4.78 is 5.28. The van der Waals surface area contributed by atoms with E-state index < -0.39 is 0 Å². The number of aliphatic hydroxyl groups is 1. The van der Waals surface area contributed by atoms with Crippen molar-refractivity contribution in [2.75, 3.05) is 13.7 Å². The Morgan fingerprint density at radius 2 is 2.28 bits per heavy atom. The zero-order chi connectivity index (χ0) is 13.0. The van der Waals surface area contributed by atoms with Crippen LogP contribution in [0.1, 0.15) is 30.4 Å². The van der Waals surface area contributed by atoms with E-state index in [0.29, 0.717) is 12.1 Å². The van der Waals surface area contributed by atoms with E-state index in [1.165, 1.54) is 0 Å². The van der Waals surface area contributed by atoms with Gasteiger partial charge >= 0.3 is 0 Å². The molecule has 96 valence electrons. The maximum atomic E-state index is 9.40. The van der Waals surface area contributed by atoms with Crippen LogP contribution in [0.3, 0.4) is 0 Å². The molecular weight excluding hydrogens is 228 g/mol. The monoisotopic (exact) mass is 246 g/mol. The second-order valence-electron chi connectivity index (χ2n) is 4.78. The molecule has 0 radical (unpaired) electrons. The fraction of sp³-hybridized carbons (Fsp3) is 0.500. The van der Waals surface area contributed by atoms with Gasteiger partial charge in [0.25, 0.3) is 0 Å². The molecule has 1 aliphatic carbocycles. The normalized spacial score (nSPS) is 16.7. The molecule has 2 N–H and O–H groups in total. The summed E-state index contributed by atoms with van der Waals surface area (Å²) >= 11 is 0. The van der Waals surface area contributed by atoms with Crippen molar-refractivity contribution in [3.63, 3.8) is 0 Å². The van der Waals surface area contributed by atoms with Gasteiger partial charge in [-0.25, -0.2) is 0 Å². The number of aliphatic hydroxyl groups excluding tert-OH is 1. The molecule has 0 atom stereocenters. The number of hydrogen-bond acceptors (Lipinski definition) is 4. The number of benzene rings is 1. The molecule has 0 bridgehead atoms. The van der Waals surface area contributed by atoms with Crippen LogP contribution in [-0.4, -0.2) is 24.4 Å². The summed E-state index contributed by atoms with van der Waals surface area (Å²) in [7, 11) is 1.62. The van der Waals surface area contributed by atoms with Crippen LogP contribution in [0.15, 0.2) is 18.2 Å². The van der Waals surface area contributed by atoms with Gasteiger partial charge in [0.2, 0.25) is 0 Å². The van der Waals surface area contributed by atoms with E-state index >= 15 is 0 Å². The second-order valence-corrected chi connectivity index (χ2v) is 4.78. The van der Waals surface area contributed by atoms with Gasteiger partial charge in [0, 0.05) is 17.6 Å². The smallest absolute Gasteiger partial charge is 0.123 e. The quantitative estimate of drug-likeness (QED) is 0.827. The Labute approximate surface area is 107 Å². The molecule has 0 saturated heterocycles. The van der Waals surface area contributed by atoms with Crippen LogP contribution >= 0.6 is 0 Å². The number of nitrogens with one attached hydrogen (secondary N) is 1. The molecule has 0 aromatic heterocycles. The Morgan fingerprint density at radius 1 is 1.50 bits per heavy atom. The van der Waals surface area contributed by atoms with Crippen LogP contribution in [0.5, 0.6) is 5.75 Å². The molecule has 1 aromatic carbocycles. The lowest BCUT2D eigenvalue weighted by atomic mass is 9.77. The number of rotatable bonds is 5. The maximum absolute atomic E-state index is 9.40. The lowest BCUT2D eigenvalue weighted by molar-refractivity contribution is 0.0870. The number of ether oxygens (including phenoxy) is 1. The molecule has 1 aliphatic rings. The van der Waals surface area contributed by atoms with E-state index in [2.05, 4.69) is 11.4 Å². The molecule has 18 heavy (non-hydrogen) atoms. The lowest BCUT2D eigenvalue weighted by Gasteiger charge is -2.41. The first-order chi connectivity index (χ1) is 8.73. The lowest BCUT2D eigenvalue weighted by Crippen LogP contribution is -2.53. The zero-order valence-corrected chi connectivity index (χ0v) is 10.6. The summed E-state index contributed by atoms with van der Waals surface area (Å²) in [5.74, 6) is 0.772. The van der Waals surface area contributed by atoms with Crippen LogP contribution < -0.4 is 10.1 Å². The van der Waals surface area contributed by atoms with Gasteiger partial charge in [-0.15, -0.1) is 0 Å². The fourth-order valence-electron chi connectivity index (χ4n) is 2.26. The second kappa shape index (κ2) is 5.38. The third-order valence-corrected chi connectivity index (χ3v) is 3.68. The molecule has 1 aromatic rings. The topological polar surface area (TPSA) is 65.3 Å². The fourth-order valence-corrected chi connectivity index (χ4v) is 2.26. The van der Waals surface area contributed by atoms with E-state index in [9.17, 15) is 5.11 Å². The largest absolute Gasteiger partial charge is 0.496 e. The van der Waals surface area contributed by atoms with Crippen LogP contribution in [0, 0.1) is 11.3 Å². The first-order valence-corrected chi connectivity index (χ1v) is 6.16. The van der Waals surface area contributed by atoms with Gasteiger partial charge in [-0.05, 0) is 37.5 Å². The van der Waals surface area contributed by atoms with Crippen molar-refractivity contribution in [1.29, 1.82) is 5.26 Å². The predicted octanol–water partition coefficient (Wildman–Crippen LogP) is 1.57. The van der Waals surface area contributed by atoms with E-state index in [-0.39, 0.29) is 12.1 Å². The van der Waals surface area contributed by atoms with Crippen LogP contribution in [0.2, 0.25) is 0 Å². The summed E-state index contributed by atoms with van der Waals surface area (Å²) in [6.07, 6.45) is 3.16. The highest BCUT2D eigenvalue weighted by atomic mass is 16.5. The first-order valence-electron chi connectivity index (χ1n) is 6.16. The Bertz CT molecular complexity index is 456. The molecule has 4 nitrogen and oxygen atoms in total. The summed E-state index contributed by atoms with van der Waals surface area (Å²) in [5, 5.41) is 21.7. The molecule has 0 heterocycles. The molecular formula is C14H18N2O2. The van der Waals surface area contributed by atoms with Gasteiger partial charge in [-0.3, -0.25) is 0 Å². The van der Waals surface area contributed by atoms with Gasteiger partial charge in [0.1, 0.15) is 5.75 Å². The Hall–Kier alpha value is -1.57. The summed E-state index contributed by atoms with van der Waals surface area (Å²) in [6.45, 7) is 0.770. The minimum atomic E-state index is -0.131. The Balaban J connectivity index is 2.10. The van der Waals surface area contributed by atoms with Gasteiger partial charge in [0.05, 0.1) is 25.3 Å². The minimum absolute atomic E-state index is 0.131. The maximum Gasteiger partial charge on any atom is 0.123 e. The van der Waals surface area contributed by atoms with Crippen molar-refractivity contribution in [3.05, 3.63) is 29.3 Å². The third kappa shape index (κ3) is 2.47. The van der Waals surface area contributed by atoms with Crippen LogP contribution in [-0.2, 0) is 6.54 Å².